The number of benzene rings is 5. The first-order valence-electron chi connectivity index (χ1n) is 28.9. The number of fused-ring (bicyclic) bond motifs is 5. The van der Waals surface area contributed by atoms with Gasteiger partial charge >= 0.3 is 0 Å². The molecule has 0 fully saturated rings. The lowest BCUT2D eigenvalue weighted by atomic mass is 10.1. The molecule has 88 heavy (non-hydrogen) atoms. The Hall–Kier alpha value is -7.52. The number of ether oxygens (including phenoxy) is 7. The maximum absolute atomic E-state index is 14.5. The zero-order chi connectivity index (χ0) is 62.5. The molecule has 4 heterocycles. The number of nitrogens with one attached hydrogen (secondary N) is 3. The maximum atomic E-state index is 14.5. The average Bonchev–Trinajstić information content (AvgIpc) is 2.44. The van der Waals surface area contributed by atoms with Crippen LogP contribution in [0, 0.1) is 0 Å². The molecule has 2 unspecified atom stereocenters. The quantitative estimate of drug-likeness (QED) is 0.0139. The Labute approximate surface area is 521 Å². The SMILES string of the molecule is CNc1cc(OCc2cc(COc3cc4c(cc3OC)C(=O)N3c5ccccc5CC3C(S(=O)(=O)O)N4)cc(N(CCOCCOCCOC)CC(C)(C)SSCCCC(=O)NCCN3C(=O)C=CC3=O)c2)c(OC)cc1C(=O)N1CCc2ccccc21. The molecule has 5 aromatic rings. The number of methoxy groups -OCH3 is 3. The minimum Gasteiger partial charge on any atom is -0.493 e. The summed E-state index contributed by atoms with van der Waals surface area (Å²) in [6.45, 7) is 8.03. The van der Waals surface area contributed by atoms with E-state index in [0.717, 1.165) is 39.4 Å². The second kappa shape index (κ2) is 29.7. The Morgan fingerprint density at radius 1 is 0.795 bits per heavy atom. The second-order valence-corrected chi connectivity index (χ2v) is 26.5. The average molecular weight is 1270 g/mol. The van der Waals surface area contributed by atoms with Crippen LogP contribution in [0.4, 0.5) is 28.4 Å². The lowest BCUT2D eigenvalue weighted by molar-refractivity contribution is -0.137. The van der Waals surface area contributed by atoms with Gasteiger partial charge in [-0.2, -0.15) is 8.42 Å². The van der Waals surface area contributed by atoms with Crippen molar-refractivity contribution >= 4 is 89.7 Å². The highest BCUT2D eigenvalue weighted by Crippen LogP contribution is 2.44. The monoisotopic (exact) mass is 1270 g/mol. The Bertz CT molecular complexity index is 3500. The molecule has 0 spiro atoms. The fourth-order valence-corrected chi connectivity index (χ4v) is 14.5. The van der Waals surface area contributed by atoms with Crippen molar-refractivity contribution in [2.45, 2.75) is 68.9 Å². The second-order valence-electron chi connectivity index (χ2n) is 21.8. The van der Waals surface area contributed by atoms with Gasteiger partial charge in [-0.25, -0.2) is 0 Å². The van der Waals surface area contributed by atoms with Crippen molar-refractivity contribution in [3.05, 3.63) is 137 Å². The molecule has 2 atom stereocenters. The molecule has 0 bridgehead atoms. The molecule has 0 saturated carbocycles. The fourth-order valence-electron chi connectivity index (χ4n) is 11.0. The molecule has 470 valence electrons. The summed E-state index contributed by atoms with van der Waals surface area (Å²) in [5, 5.41) is 7.40. The van der Waals surface area contributed by atoms with Gasteiger partial charge in [0.2, 0.25) is 5.91 Å². The van der Waals surface area contributed by atoms with Crippen LogP contribution in [0.1, 0.15) is 69.7 Å². The number of imide groups is 1. The van der Waals surface area contributed by atoms with E-state index < -0.39 is 39.3 Å². The largest absolute Gasteiger partial charge is 0.493 e. The van der Waals surface area contributed by atoms with Crippen molar-refractivity contribution in [3.8, 4) is 23.0 Å². The Kier molecular flexibility index (Phi) is 21.9. The number of para-hydroxylation sites is 2. The van der Waals surface area contributed by atoms with Crippen molar-refractivity contribution in [2.75, 3.05) is 125 Å². The summed E-state index contributed by atoms with van der Waals surface area (Å²) in [4.78, 5) is 71.8. The highest BCUT2D eigenvalue weighted by Gasteiger charge is 2.47. The number of amides is 5. The topological polar surface area (TPSA) is 253 Å². The Morgan fingerprint density at radius 2 is 1.44 bits per heavy atom. The van der Waals surface area contributed by atoms with Crippen LogP contribution in [0.2, 0.25) is 0 Å². The molecule has 0 radical (unpaired) electrons. The number of carbonyl (C=O) groups excluding carboxylic acids is 5. The van der Waals surface area contributed by atoms with Crippen LogP contribution in [-0.4, -0.2) is 163 Å². The third-order valence-electron chi connectivity index (χ3n) is 15.2. The lowest BCUT2D eigenvalue weighted by Crippen LogP contribution is -2.49. The minimum absolute atomic E-state index is 0.0373. The molecule has 5 amide bonds. The van der Waals surface area contributed by atoms with Gasteiger partial charge in [0.05, 0.1) is 75.8 Å². The van der Waals surface area contributed by atoms with Crippen LogP contribution < -0.4 is 49.6 Å². The number of rotatable bonds is 32. The molecule has 9 rings (SSSR count). The van der Waals surface area contributed by atoms with Crippen LogP contribution in [0.5, 0.6) is 23.0 Å². The zero-order valence-electron chi connectivity index (χ0n) is 50.2. The van der Waals surface area contributed by atoms with Crippen molar-refractivity contribution in [3.63, 3.8) is 0 Å². The van der Waals surface area contributed by atoms with Crippen molar-refractivity contribution in [1.82, 2.24) is 10.2 Å². The van der Waals surface area contributed by atoms with Gasteiger partial charge in [-0.1, -0.05) is 58.0 Å². The van der Waals surface area contributed by atoms with Gasteiger partial charge in [0.15, 0.2) is 28.4 Å². The van der Waals surface area contributed by atoms with Crippen LogP contribution in [0.25, 0.3) is 0 Å². The predicted octanol–water partition coefficient (Wildman–Crippen LogP) is 7.78. The Morgan fingerprint density at radius 3 is 2.12 bits per heavy atom. The normalized spacial score (nSPS) is 15.9. The van der Waals surface area contributed by atoms with Gasteiger partial charge in [0.1, 0.15) is 13.2 Å². The van der Waals surface area contributed by atoms with Crippen LogP contribution in [0.15, 0.2) is 103 Å². The molecule has 4 aliphatic rings. The Balaban J connectivity index is 0.982. The van der Waals surface area contributed by atoms with Gasteiger partial charge in [-0.05, 0) is 97.8 Å². The summed E-state index contributed by atoms with van der Waals surface area (Å²) in [7, 11) is 4.90. The van der Waals surface area contributed by atoms with Gasteiger partial charge in [0.25, 0.3) is 33.7 Å². The fraction of sp³-hybridized carbons (Fsp3) is 0.413. The molecule has 0 aromatic heterocycles. The standard InChI is InChI=1S/C63H75N7O15S3/c1-63(2,87-86-29-11-16-57(71)65-20-22-69-58(72)17-18-59(69)73)40-67(23-24-82-27-28-83-26-25-79-4)45-31-41(38-84-55-36-48(64-3)46(34-53(55)80-5)61(74)68-21-19-43-12-7-9-14-50(43)68)30-42(32-45)39-85-56-37-49-47(35-54(56)81-6)62(75)70-51-15-10-8-13-44(51)33-52(70)60(66-49)88(76,77)78/h7-10,12-15,17-18,30-32,34-37,52,60,64,66H,11,16,19-29,33,38-40H2,1-6H3,(H,65,71)(H,76,77,78). The van der Waals surface area contributed by atoms with E-state index in [1.165, 1.54) is 43.4 Å². The zero-order valence-corrected chi connectivity index (χ0v) is 52.6. The van der Waals surface area contributed by atoms with Crippen molar-refractivity contribution in [2.24, 2.45) is 0 Å². The summed E-state index contributed by atoms with van der Waals surface area (Å²) in [6.07, 6.45) is 4.24. The molecule has 4 N–H and O–H groups in total. The summed E-state index contributed by atoms with van der Waals surface area (Å²) in [5.41, 5.74) is 6.74. The number of hydrogen-bond acceptors (Lipinski definition) is 19. The highest BCUT2D eigenvalue weighted by molar-refractivity contribution is 8.77. The van der Waals surface area contributed by atoms with E-state index in [1.807, 2.05) is 54.6 Å². The highest BCUT2D eigenvalue weighted by atomic mass is 33.1. The van der Waals surface area contributed by atoms with Gasteiger partial charge in [-0.3, -0.25) is 33.4 Å². The maximum Gasteiger partial charge on any atom is 0.288 e. The smallest absolute Gasteiger partial charge is 0.288 e. The molecule has 5 aromatic carbocycles. The third-order valence-corrected chi connectivity index (χ3v) is 19.6. The first-order valence-corrected chi connectivity index (χ1v) is 32.8. The molecule has 0 saturated heterocycles. The van der Waals surface area contributed by atoms with E-state index in [1.54, 1.807) is 64.9 Å². The van der Waals surface area contributed by atoms with Gasteiger partial charge in [0, 0.05) is 105 Å². The van der Waals surface area contributed by atoms with E-state index in [4.69, 9.17) is 33.2 Å². The molecule has 4 aliphatic heterocycles. The van der Waals surface area contributed by atoms with E-state index in [0.29, 0.717) is 98.8 Å². The molecular formula is C63H75N7O15S3. The number of hydrogen-bond donors (Lipinski definition) is 4. The summed E-state index contributed by atoms with van der Waals surface area (Å²) >= 11 is 0. The number of carbonyl (C=O) groups is 5. The van der Waals surface area contributed by atoms with Crippen LogP contribution >= 0.6 is 21.6 Å². The lowest BCUT2D eigenvalue weighted by Gasteiger charge is -2.34. The summed E-state index contributed by atoms with van der Waals surface area (Å²) < 4.78 is 78.5. The van der Waals surface area contributed by atoms with E-state index in [2.05, 4.69) is 34.7 Å². The first-order chi connectivity index (χ1) is 42.4. The minimum atomic E-state index is -4.77. The summed E-state index contributed by atoms with van der Waals surface area (Å²) in [6, 6.07) is 26.5. The third kappa shape index (κ3) is 15.8. The van der Waals surface area contributed by atoms with Crippen LogP contribution in [-0.2, 0) is 64.8 Å². The first kappa shape index (κ1) is 64.9. The van der Waals surface area contributed by atoms with Crippen LogP contribution in [0.3, 0.4) is 0 Å². The number of nitrogens with zero attached hydrogens (tertiary/aromatic N) is 4. The predicted molar refractivity (Wildman–Crippen MR) is 340 cm³/mol. The van der Waals surface area contributed by atoms with E-state index >= 15 is 0 Å². The molecule has 22 nitrogen and oxygen atoms in total. The van der Waals surface area contributed by atoms with Crippen molar-refractivity contribution < 1.29 is 70.1 Å². The van der Waals surface area contributed by atoms with E-state index in [-0.39, 0.29) is 78.5 Å². The number of anilines is 5. The van der Waals surface area contributed by atoms with Crippen molar-refractivity contribution in [1.29, 1.82) is 0 Å². The molecule has 25 heteroatoms. The molecule has 0 aliphatic carbocycles. The van der Waals surface area contributed by atoms with E-state index in [9.17, 15) is 36.9 Å². The molecular weight excluding hydrogens is 1190 g/mol. The van der Waals surface area contributed by atoms with Gasteiger partial charge in [-0.15, -0.1) is 0 Å². The summed E-state index contributed by atoms with van der Waals surface area (Å²) in [5.74, 6) is 0.195. The van der Waals surface area contributed by atoms with Gasteiger partial charge < -0.3 is 63.8 Å².